The number of hydrogen-bond acceptors (Lipinski definition) is 4. The molecule has 2 heterocycles. The van der Waals surface area contributed by atoms with Crippen molar-refractivity contribution in [2.24, 2.45) is 5.73 Å². The van der Waals surface area contributed by atoms with Gasteiger partial charge in [-0.25, -0.2) is 0 Å². The third kappa shape index (κ3) is 1.01. The molecule has 0 aliphatic rings. The van der Waals surface area contributed by atoms with Crippen LogP contribution in [0.25, 0.3) is 11.0 Å². The maximum atomic E-state index is 10.8. The smallest absolute Gasteiger partial charge is 0.286 e. The number of hydrogen-bond donors (Lipinski definition) is 2. The van der Waals surface area contributed by atoms with E-state index in [0.29, 0.717) is 11.0 Å². The lowest BCUT2D eigenvalue weighted by Gasteiger charge is -1.88. The van der Waals surface area contributed by atoms with Gasteiger partial charge in [-0.05, 0) is 6.07 Å². The van der Waals surface area contributed by atoms with Crippen molar-refractivity contribution in [3.63, 3.8) is 0 Å². The van der Waals surface area contributed by atoms with Crippen LogP contribution in [0, 0.1) is 0 Å². The first kappa shape index (κ1) is 7.60. The van der Waals surface area contributed by atoms with Crippen LogP contribution in [-0.2, 0) is 0 Å². The molecule has 0 aromatic carbocycles. The molecular weight excluding hydrogens is 170 g/mol. The van der Waals surface area contributed by atoms with Crippen molar-refractivity contribution in [3.8, 4) is 0 Å². The lowest BCUT2D eigenvalue weighted by atomic mass is 10.2. The Labute approximate surface area is 73.3 Å². The average molecular weight is 177 g/mol. The molecule has 5 nitrogen and oxygen atoms in total. The topological polar surface area (TPSA) is 95.1 Å². The third-order valence-corrected chi connectivity index (χ3v) is 1.76. The molecule has 0 atom stereocenters. The number of nitrogens with zero attached hydrogens (tertiary/aromatic N) is 1. The van der Waals surface area contributed by atoms with Crippen LogP contribution in [0.4, 0.5) is 5.69 Å². The van der Waals surface area contributed by atoms with Gasteiger partial charge in [-0.1, -0.05) is 0 Å². The largest absolute Gasteiger partial charge is 0.447 e. The fourth-order valence-corrected chi connectivity index (χ4v) is 1.15. The van der Waals surface area contributed by atoms with Gasteiger partial charge in [0, 0.05) is 11.6 Å². The van der Waals surface area contributed by atoms with Gasteiger partial charge in [0.1, 0.15) is 0 Å². The highest BCUT2D eigenvalue weighted by atomic mass is 16.3. The summed E-state index contributed by atoms with van der Waals surface area (Å²) in [6, 6.07) is 1.67. The van der Waals surface area contributed by atoms with Crippen molar-refractivity contribution in [2.75, 3.05) is 5.73 Å². The second-order valence-electron chi connectivity index (χ2n) is 2.58. The minimum atomic E-state index is -0.672. The van der Waals surface area contributed by atoms with Crippen molar-refractivity contribution >= 4 is 22.6 Å². The number of anilines is 1. The van der Waals surface area contributed by atoms with Crippen molar-refractivity contribution in [2.45, 2.75) is 0 Å². The van der Waals surface area contributed by atoms with Crippen molar-refractivity contribution in [3.05, 3.63) is 24.2 Å². The molecule has 0 fully saturated rings. The lowest BCUT2D eigenvalue weighted by Crippen LogP contribution is -2.11. The van der Waals surface area contributed by atoms with E-state index in [1.54, 1.807) is 12.3 Å². The van der Waals surface area contributed by atoms with E-state index in [4.69, 9.17) is 15.9 Å². The zero-order valence-electron chi connectivity index (χ0n) is 6.65. The number of fused-ring (bicyclic) bond motifs is 1. The Bertz CT molecular complexity index is 475. The van der Waals surface area contributed by atoms with Gasteiger partial charge >= 0.3 is 0 Å². The summed E-state index contributed by atoms with van der Waals surface area (Å²) in [7, 11) is 0. The Balaban J connectivity index is 2.81. The molecule has 13 heavy (non-hydrogen) atoms. The lowest BCUT2D eigenvalue weighted by molar-refractivity contribution is 0.0977. The summed E-state index contributed by atoms with van der Waals surface area (Å²) in [5, 5.41) is 0.656. The molecule has 2 rings (SSSR count). The quantitative estimate of drug-likeness (QED) is 0.663. The highest BCUT2D eigenvalue weighted by Crippen LogP contribution is 2.26. The van der Waals surface area contributed by atoms with Crippen LogP contribution in [0.1, 0.15) is 10.6 Å². The Hall–Kier alpha value is -2.04. The summed E-state index contributed by atoms with van der Waals surface area (Å²) in [6.07, 6.45) is 3.05. The number of rotatable bonds is 1. The molecule has 5 heteroatoms. The molecule has 0 spiro atoms. The molecule has 0 saturated heterocycles. The van der Waals surface area contributed by atoms with E-state index in [1.165, 1.54) is 6.20 Å². The first-order valence-electron chi connectivity index (χ1n) is 3.62. The molecule has 0 bridgehead atoms. The molecule has 0 aliphatic heterocycles. The van der Waals surface area contributed by atoms with Crippen LogP contribution in [0.5, 0.6) is 0 Å². The van der Waals surface area contributed by atoms with Gasteiger partial charge in [-0.15, -0.1) is 0 Å². The summed E-state index contributed by atoms with van der Waals surface area (Å²) in [5.74, 6) is -0.684. The van der Waals surface area contributed by atoms with Crippen LogP contribution < -0.4 is 11.5 Å². The Morgan fingerprint density at radius 1 is 1.54 bits per heavy atom. The van der Waals surface area contributed by atoms with Gasteiger partial charge in [0.25, 0.3) is 5.91 Å². The maximum Gasteiger partial charge on any atom is 0.286 e. The van der Waals surface area contributed by atoms with Gasteiger partial charge in [0.15, 0.2) is 5.58 Å². The minimum Gasteiger partial charge on any atom is -0.447 e. The van der Waals surface area contributed by atoms with E-state index >= 15 is 0 Å². The summed E-state index contributed by atoms with van der Waals surface area (Å²) in [5.41, 5.74) is 11.4. The van der Waals surface area contributed by atoms with E-state index in [1.807, 2.05) is 0 Å². The summed E-state index contributed by atoms with van der Waals surface area (Å²) in [4.78, 5) is 14.6. The average Bonchev–Trinajstić information content (AvgIpc) is 2.45. The summed E-state index contributed by atoms with van der Waals surface area (Å²) < 4.78 is 5.10. The number of carbonyl (C=O) groups excluding carboxylic acids is 1. The summed E-state index contributed by atoms with van der Waals surface area (Å²) in [6.45, 7) is 0. The van der Waals surface area contributed by atoms with Gasteiger partial charge < -0.3 is 15.9 Å². The first-order valence-corrected chi connectivity index (χ1v) is 3.62. The van der Waals surface area contributed by atoms with Crippen LogP contribution >= 0.6 is 0 Å². The molecule has 0 unspecified atom stereocenters. The molecule has 2 aromatic heterocycles. The van der Waals surface area contributed by atoms with Gasteiger partial charge in [-0.2, -0.15) is 0 Å². The molecule has 0 aliphatic carbocycles. The van der Waals surface area contributed by atoms with Crippen molar-refractivity contribution in [1.29, 1.82) is 0 Å². The Morgan fingerprint density at radius 2 is 2.31 bits per heavy atom. The van der Waals surface area contributed by atoms with E-state index < -0.39 is 5.91 Å². The normalized spacial score (nSPS) is 10.5. The maximum absolute atomic E-state index is 10.8. The number of primary amides is 1. The highest BCUT2D eigenvalue weighted by Gasteiger charge is 2.14. The fraction of sp³-hybridized carbons (Fsp3) is 0. The Morgan fingerprint density at radius 3 is 2.92 bits per heavy atom. The van der Waals surface area contributed by atoms with Gasteiger partial charge in [0.05, 0.1) is 11.9 Å². The highest BCUT2D eigenvalue weighted by molar-refractivity contribution is 6.04. The molecule has 4 N–H and O–H groups in total. The monoisotopic (exact) mass is 177 g/mol. The van der Waals surface area contributed by atoms with Crippen LogP contribution in [0.15, 0.2) is 22.9 Å². The molecule has 0 radical (unpaired) electrons. The van der Waals surface area contributed by atoms with Crippen molar-refractivity contribution < 1.29 is 9.21 Å². The van der Waals surface area contributed by atoms with E-state index in [0.717, 1.165) is 0 Å². The van der Waals surface area contributed by atoms with Crippen molar-refractivity contribution in [1.82, 2.24) is 4.98 Å². The molecule has 66 valence electrons. The number of aromatic nitrogens is 1. The number of nitrogen functional groups attached to an aromatic ring is 1. The van der Waals surface area contributed by atoms with E-state index in [2.05, 4.69) is 4.98 Å². The van der Waals surface area contributed by atoms with Crippen LogP contribution in [0.3, 0.4) is 0 Å². The number of nitrogens with two attached hydrogens (primary N) is 2. The van der Waals surface area contributed by atoms with Gasteiger partial charge in [-0.3, -0.25) is 9.78 Å². The molecule has 0 saturated carbocycles. The fourth-order valence-electron chi connectivity index (χ4n) is 1.15. The summed E-state index contributed by atoms with van der Waals surface area (Å²) >= 11 is 0. The van der Waals surface area contributed by atoms with Crippen LogP contribution in [0.2, 0.25) is 0 Å². The number of pyridine rings is 1. The zero-order valence-corrected chi connectivity index (χ0v) is 6.65. The number of furan rings is 1. The zero-order chi connectivity index (χ0) is 9.42. The predicted octanol–water partition coefficient (Wildman–Crippen LogP) is 0.509. The SMILES string of the molecule is NC(=O)c1oc2cnccc2c1N. The van der Waals surface area contributed by atoms with Gasteiger partial charge in [0.2, 0.25) is 5.76 Å². The van der Waals surface area contributed by atoms with E-state index in [9.17, 15) is 4.79 Å². The third-order valence-electron chi connectivity index (χ3n) is 1.76. The standard InChI is InChI=1S/C8H7N3O2/c9-6-4-1-2-11-3-5(4)13-7(6)8(10)12/h1-3H,9H2,(H2,10,12). The Kier molecular flexibility index (Phi) is 1.45. The second kappa shape index (κ2) is 2.48. The molecular formula is C8H7N3O2. The number of carbonyl (C=O) groups is 1. The van der Waals surface area contributed by atoms with Crippen LogP contribution in [-0.4, -0.2) is 10.9 Å². The number of amides is 1. The minimum absolute atomic E-state index is 0.0111. The van der Waals surface area contributed by atoms with E-state index in [-0.39, 0.29) is 11.4 Å². The predicted molar refractivity (Wildman–Crippen MR) is 46.9 cm³/mol. The molecule has 1 amide bonds. The molecule has 2 aromatic rings. The second-order valence-corrected chi connectivity index (χ2v) is 2.58. The first-order chi connectivity index (χ1) is 6.20.